The van der Waals surface area contributed by atoms with Gasteiger partial charge in [-0.1, -0.05) is 0 Å². The smallest absolute Gasteiger partial charge is 0.341 e. The average molecular weight is 319 g/mol. The molecule has 0 aliphatic rings. The molecule has 0 amide bonds. The van der Waals surface area contributed by atoms with Gasteiger partial charge in [0.1, 0.15) is 11.9 Å². The first-order chi connectivity index (χ1) is 9.66. The van der Waals surface area contributed by atoms with E-state index in [-0.39, 0.29) is 17.1 Å². The molecule has 8 heteroatoms. The molecule has 0 aliphatic carbocycles. The maximum absolute atomic E-state index is 13.8. The van der Waals surface area contributed by atoms with E-state index >= 15 is 0 Å². The van der Waals surface area contributed by atoms with Crippen molar-refractivity contribution in [3.8, 4) is 0 Å². The second-order valence-electron chi connectivity index (χ2n) is 4.52. The minimum Gasteiger partial charge on any atom is -0.457 e. The van der Waals surface area contributed by atoms with Gasteiger partial charge in [-0.05, 0) is 38.5 Å². The van der Waals surface area contributed by atoms with Gasteiger partial charge in [-0.2, -0.15) is 0 Å². The number of halogens is 1. The molecule has 0 radical (unpaired) electrons. The van der Waals surface area contributed by atoms with Gasteiger partial charge in [-0.25, -0.2) is 22.7 Å². The van der Waals surface area contributed by atoms with Crippen molar-refractivity contribution in [2.45, 2.75) is 31.8 Å². The number of carbonyl (C=O) groups excluding carboxylic acids is 1. The first-order valence-electron chi connectivity index (χ1n) is 6.28. The van der Waals surface area contributed by atoms with Crippen LogP contribution in [0.1, 0.15) is 29.8 Å². The summed E-state index contributed by atoms with van der Waals surface area (Å²) in [7, 11) is -4.05. The molecule has 2 N–H and O–H groups in total. The molecule has 1 rings (SSSR count). The van der Waals surface area contributed by atoms with Gasteiger partial charge in [0.15, 0.2) is 0 Å². The molecule has 1 unspecified atom stereocenters. The lowest BCUT2D eigenvalue weighted by Crippen LogP contribution is -2.22. The molecule has 0 fully saturated rings. The topological polar surface area (TPSA) is 95.7 Å². The van der Waals surface area contributed by atoms with Crippen LogP contribution >= 0.6 is 0 Å². The molecule has 0 bridgehead atoms. The summed E-state index contributed by atoms with van der Waals surface area (Å²) in [4.78, 5) is 11.6. The molecule has 0 heterocycles. The summed E-state index contributed by atoms with van der Waals surface area (Å²) >= 11 is 0. The summed E-state index contributed by atoms with van der Waals surface area (Å²) in [6.45, 7) is 5.37. The highest BCUT2D eigenvalue weighted by atomic mass is 32.2. The van der Waals surface area contributed by atoms with E-state index in [2.05, 4.69) is 0 Å². The second kappa shape index (κ2) is 6.97. The van der Waals surface area contributed by atoms with Crippen molar-refractivity contribution < 1.29 is 27.1 Å². The number of hydrogen-bond donors (Lipinski definition) is 1. The van der Waals surface area contributed by atoms with E-state index < -0.39 is 33.5 Å². The van der Waals surface area contributed by atoms with Crippen LogP contribution < -0.4 is 5.14 Å². The van der Waals surface area contributed by atoms with Crippen LogP contribution in [0.25, 0.3) is 0 Å². The van der Waals surface area contributed by atoms with Crippen LogP contribution in [0.3, 0.4) is 0 Å². The summed E-state index contributed by atoms with van der Waals surface area (Å²) in [5.74, 6) is -1.84. The predicted molar refractivity (Wildman–Crippen MR) is 73.9 cm³/mol. The van der Waals surface area contributed by atoms with E-state index in [1.54, 1.807) is 13.8 Å². The third-order valence-corrected chi connectivity index (χ3v) is 3.71. The monoisotopic (exact) mass is 319 g/mol. The fourth-order valence-corrected chi connectivity index (χ4v) is 2.47. The molecule has 118 valence electrons. The largest absolute Gasteiger partial charge is 0.457 e. The zero-order valence-electron chi connectivity index (χ0n) is 12.1. The fraction of sp³-hybridized carbons (Fsp3) is 0.462. The quantitative estimate of drug-likeness (QED) is 0.799. The van der Waals surface area contributed by atoms with Crippen LogP contribution in [0, 0.1) is 12.7 Å². The van der Waals surface area contributed by atoms with E-state index in [0.29, 0.717) is 6.61 Å². The Morgan fingerprint density at radius 2 is 2.05 bits per heavy atom. The summed E-state index contributed by atoms with van der Waals surface area (Å²) in [5.41, 5.74) is -0.359. The maximum Gasteiger partial charge on any atom is 0.341 e. The average Bonchev–Trinajstić information content (AvgIpc) is 2.34. The third-order valence-electron chi connectivity index (χ3n) is 2.66. The predicted octanol–water partition coefficient (Wildman–Crippen LogP) is 1.36. The molecule has 0 aliphatic heterocycles. The van der Waals surface area contributed by atoms with Crippen LogP contribution in [0.2, 0.25) is 0 Å². The SMILES string of the molecule is CCOCC(C)OC(=O)c1cc(S(N)(=O)=O)c(C)cc1F. The Kier molecular flexibility index (Phi) is 5.82. The molecule has 1 atom stereocenters. The lowest BCUT2D eigenvalue weighted by Gasteiger charge is -2.14. The van der Waals surface area contributed by atoms with E-state index in [9.17, 15) is 17.6 Å². The highest BCUT2D eigenvalue weighted by Crippen LogP contribution is 2.20. The number of sulfonamides is 1. The van der Waals surface area contributed by atoms with Gasteiger partial charge in [0.2, 0.25) is 10.0 Å². The van der Waals surface area contributed by atoms with Gasteiger partial charge >= 0.3 is 5.97 Å². The lowest BCUT2D eigenvalue weighted by molar-refractivity contribution is 0.00398. The summed E-state index contributed by atoms with van der Waals surface area (Å²) in [5, 5.41) is 5.02. The number of ether oxygens (including phenoxy) is 2. The number of esters is 1. The van der Waals surface area contributed by atoms with Gasteiger partial charge in [0, 0.05) is 6.61 Å². The zero-order valence-corrected chi connectivity index (χ0v) is 12.9. The lowest BCUT2D eigenvalue weighted by atomic mass is 10.1. The van der Waals surface area contributed by atoms with Crippen LogP contribution in [0.5, 0.6) is 0 Å². The molecular weight excluding hydrogens is 301 g/mol. The van der Waals surface area contributed by atoms with Crippen LogP contribution in [0.15, 0.2) is 17.0 Å². The van der Waals surface area contributed by atoms with Crippen molar-refractivity contribution in [3.63, 3.8) is 0 Å². The zero-order chi connectivity index (χ0) is 16.2. The Hall–Kier alpha value is -1.51. The first kappa shape index (κ1) is 17.5. The highest BCUT2D eigenvalue weighted by Gasteiger charge is 2.22. The number of hydrogen-bond acceptors (Lipinski definition) is 5. The number of primary sulfonamides is 1. The van der Waals surface area contributed by atoms with Crippen molar-refractivity contribution in [3.05, 3.63) is 29.1 Å². The summed E-state index contributed by atoms with van der Waals surface area (Å²) < 4.78 is 46.6. The maximum atomic E-state index is 13.8. The van der Waals surface area contributed by atoms with Gasteiger partial charge in [0.25, 0.3) is 0 Å². The van der Waals surface area contributed by atoms with Crippen molar-refractivity contribution in [2.75, 3.05) is 13.2 Å². The Labute approximate surface area is 123 Å². The second-order valence-corrected chi connectivity index (χ2v) is 6.05. The highest BCUT2D eigenvalue weighted by molar-refractivity contribution is 7.89. The van der Waals surface area contributed by atoms with Gasteiger partial charge in [-0.15, -0.1) is 0 Å². The molecule has 0 aromatic heterocycles. The molecule has 1 aromatic rings. The number of benzene rings is 1. The van der Waals surface area contributed by atoms with Crippen molar-refractivity contribution >= 4 is 16.0 Å². The molecule has 0 saturated carbocycles. The summed E-state index contributed by atoms with van der Waals surface area (Å²) in [6, 6.07) is 1.82. The number of carbonyl (C=O) groups is 1. The van der Waals surface area contributed by atoms with E-state index in [0.717, 1.165) is 12.1 Å². The van der Waals surface area contributed by atoms with Crippen LogP contribution in [-0.4, -0.2) is 33.7 Å². The van der Waals surface area contributed by atoms with Crippen LogP contribution in [0.4, 0.5) is 4.39 Å². The number of rotatable bonds is 6. The molecule has 1 aromatic carbocycles. The molecule has 0 spiro atoms. The van der Waals surface area contributed by atoms with Crippen molar-refractivity contribution in [1.29, 1.82) is 0 Å². The van der Waals surface area contributed by atoms with Crippen molar-refractivity contribution in [2.24, 2.45) is 5.14 Å². The van der Waals surface area contributed by atoms with E-state index in [1.807, 2.05) is 0 Å². The van der Waals surface area contributed by atoms with Gasteiger partial charge < -0.3 is 9.47 Å². The van der Waals surface area contributed by atoms with E-state index in [1.165, 1.54) is 6.92 Å². The Balaban J connectivity index is 3.05. The number of aryl methyl sites for hydroxylation is 1. The minimum absolute atomic E-state index is 0.119. The van der Waals surface area contributed by atoms with Crippen molar-refractivity contribution in [1.82, 2.24) is 0 Å². The normalized spacial score (nSPS) is 13.0. The number of nitrogens with two attached hydrogens (primary N) is 1. The fourth-order valence-electron chi connectivity index (χ4n) is 1.68. The van der Waals surface area contributed by atoms with Gasteiger partial charge in [-0.3, -0.25) is 0 Å². The molecular formula is C13H18FNO5S. The van der Waals surface area contributed by atoms with E-state index in [4.69, 9.17) is 14.6 Å². The molecule has 21 heavy (non-hydrogen) atoms. The Bertz CT molecular complexity index is 630. The summed E-state index contributed by atoms with van der Waals surface area (Å²) in [6.07, 6.45) is -0.587. The Morgan fingerprint density at radius 3 is 2.57 bits per heavy atom. The first-order valence-corrected chi connectivity index (χ1v) is 7.83. The third kappa shape index (κ3) is 4.76. The van der Waals surface area contributed by atoms with Crippen LogP contribution in [-0.2, 0) is 19.5 Å². The molecule has 6 nitrogen and oxygen atoms in total. The van der Waals surface area contributed by atoms with Gasteiger partial charge in [0.05, 0.1) is 17.1 Å². The minimum atomic E-state index is -4.05. The molecule has 0 saturated heterocycles. The Morgan fingerprint density at radius 1 is 1.43 bits per heavy atom. The standard InChI is InChI=1S/C13H18FNO5S/c1-4-19-7-9(3)20-13(16)10-6-12(21(15,17)18)8(2)5-11(10)14/h5-6,9H,4,7H2,1-3H3,(H2,15,17,18).